The fourth-order valence-electron chi connectivity index (χ4n) is 1.65. The van der Waals surface area contributed by atoms with E-state index >= 15 is 0 Å². The minimum Gasteiger partial charge on any atom is -0.612 e. The van der Waals surface area contributed by atoms with Crippen molar-refractivity contribution < 1.29 is 4.76 Å². The van der Waals surface area contributed by atoms with E-state index in [-0.39, 0.29) is 0 Å². The molecule has 0 amide bonds. The summed E-state index contributed by atoms with van der Waals surface area (Å²) in [5.41, 5.74) is 0. The van der Waals surface area contributed by atoms with Gasteiger partial charge >= 0.3 is 0 Å². The second-order valence-electron chi connectivity index (χ2n) is 4.17. The maximum atomic E-state index is 11.5. The summed E-state index contributed by atoms with van der Waals surface area (Å²) < 4.78 is -0.537. The second-order valence-corrected chi connectivity index (χ2v) is 4.17. The quantitative estimate of drug-likeness (QED) is 0.270. The zero-order valence-corrected chi connectivity index (χ0v) is 9.80. The molecule has 0 spiro atoms. The Labute approximate surface area is 88.4 Å². The lowest BCUT2D eigenvalue weighted by Crippen LogP contribution is -2.50. The van der Waals surface area contributed by atoms with Crippen molar-refractivity contribution in [3.63, 3.8) is 0 Å². The van der Waals surface area contributed by atoms with E-state index in [4.69, 9.17) is 5.84 Å². The van der Waals surface area contributed by atoms with Crippen LogP contribution in [0.15, 0.2) is 0 Å². The molecule has 0 heterocycles. The first kappa shape index (κ1) is 13.9. The van der Waals surface area contributed by atoms with Crippen molar-refractivity contribution in [3.05, 3.63) is 5.21 Å². The van der Waals surface area contributed by atoms with Crippen molar-refractivity contribution in [3.8, 4) is 0 Å². The van der Waals surface area contributed by atoms with Crippen molar-refractivity contribution >= 4 is 0 Å². The van der Waals surface area contributed by atoms with E-state index in [0.717, 1.165) is 19.3 Å². The minimum atomic E-state index is -0.537. The zero-order valence-electron chi connectivity index (χ0n) is 9.80. The highest BCUT2D eigenvalue weighted by atomic mass is 16.6. The molecule has 86 valence electrons. The maximum Gasteiger partial charge on any atom is 0.0958 e. The standard InChI is InChI=1S/C11H26N2O/c1-3-5-6-7-8-9-11-13(12,14)10-4-2/h3-12H2,1-2H3. The first-order valence-electron chi connectivity index (χ1n) is 5.99. The molecule has 3 nitrogen and oxygen atoms in total. The molecule has 0 aromatic heterocycles. The van der Waals surface area contributed by atoms with E-state index in [0.29, 0.717) is 13.1 Å². The van der Waals surface area contributed by atoms with Gasteiger partial charge in [-0.3, -0.25) is 4.76 Å². The van der Waals surface area contributed by atoms with Gasteiger partial charge in [0.2, 0.25) is 0 Å². The first-order valence-corrected chi connectivity index (χ1v) is 5.99. The van der Waals surface area contributed by atoms with Crippen molar-refractivity contribution in [2.24, 2.45) is 5.84 Å². The number of hydroxylamine groups is 2. The smallest absolute Gasteiger partial charge is 0.0958 e. The van der Waals surface area contributed by atoms with Gasteiger partial charge in [-0.05, 0) is 19.3 Å². The van der Waals surface area contributed by atoms with Crippen LogP contribution in [0, 0.1) is 5.21 Å². The van der Waals surface area contributed by atoms with Crippen LogP contribution in [-0.4, -0.2) is 17.8 Å². The van der Waals surface area contributed by atoms with Crippen LogP contribution < -0.4 is 5.84 Å². The van der Waals surface area contributed by atoms with Crippen molar-refractivity contribution in [1.29, 1.82) is 0 Å². The third-order valence-electron chi connectivity index (χ3n) is 2.49. The van der Waals surface area contributed by atoms with Crippen LogP contribution in [0.4, 0.5) is 0 Å². The summed E-state index contributed by atoms with van der Waals surface area (Å²) >= 11 is 0. The molecule has 0 bridgehead atoms. The number of unbranched alkanes of at least 4 members (excludes halogenated alkanes) is 5. The average molecular weight is 202 g/mol. The summed E-state index contributed by atoms with van der Waals surface area (Å²) in [6.07, 6.45) is 8.14. The van der Waals surface area contributed by atoms with E-state index < -0.39 is 4.76 Å². The predicted molar refractivity (Wildman–Crippen MR) is 61.2 cm³/mol. The van der Waals surface area contributed by atoms with Gasteiger partial charge in [-0.15, -0.1) is 0 Å². The summed E-state index contributed by atoms with van der Waals surface area (Å²) in [5.74, 6) is 5.55. The van der Waals surface area contributed by atoms with Crippen LogP contribution in [0.1, 0.15) is 58.8 Å². The highest BCUT2D eigenvalue weighted by Crippen LogP contribution is 2.07. The summed E-state index contributed by atoms with van der Waals surface area (Å²) in [6, 6.07) is 0. The summed E-state index contributed by atoms with van der Waals surface area (Å²) in [4.78, 5) is 0. The molecule has 0 saturated carbocycles. The van der Waals surface area contributed by atoms with Crippen LogP contribution in [0.25, 0.3) is 0 Å². The molecule has 14 heavy (non-hydrogen) atoms. The van der Waals surface area contributed by atoms with Gasteiger partial charge in [0, 0.05) is 0 Å². The number of rotatable bonds is 9. The zero-order chi connectivity index (χ0) is 10.9. The molecule has 0 aliphatic rings. The Hall–Kier alpha value is -0.120. The number of quaternary nitrogens is 1. The summed E-state index contributed by atoms with van der Waals surface area (Å²) in [7, 11) is 0. The number of hydrogen-bond donors (Lipinski definition) is 1. The van der Waals surface area contributed by atoms with Gasteiger partial charge in [-0.25, -0.2) is 0 Å². The SMILES string of the molecule is CCCCCCCC[N+](N)([O-])CCC. The lowest BCUT2D eigenvalue weighted by atomic mass is 10.1. The van der Waals surface area contributed by atoms with Gasteiger partial charge in [0.1, 0.15) is 0 Å². The van der Waals surface area contributed by atoms with E-state index in [2.05, 4.69) is 6.92 Å². The fourth-order valence-corrected chi connectivity index (χ4v) is 1.65. The summed E-state index contributed by atoms with van der Waals surface area (Å²) in [5, 5.41) is 11.5. The predicted octanol–water partition coefficient (Wildman–Crippen LogP) is 2.95. The topological polar surface area (TPSA) is 49.1 Å². The first-order chi connectivity index (χ1) is 6.62. The molecule has 0 rings (SSSR count). The van der Waals surface area contributed by atoms with Gasteiger partial charge in [-0.2, -0.15) is 5.84 Å². The molecule has 0 radical (unpaired) electrons. The molecule has 0 aliphatic carbocycles. The Morgan fingerprint density at radius 1 is 0.857 bits per heavy atom. The minimum absolute atomic E-state index is 0.537. The largest absolute Gasteiger partial charge is 0.612 e. The molecule has 1 unspecified atom stereocenters. The monoisotopic (exact) mass is 202 g/mol. The molecule has 0 aliphatic heterocycles. The Kier molecular flexibility index (Phi) is 8.14. The van der Waals surface area contributed by atoms with Crippen molar-refractivity contribution in [1.82, 2.24) is 0 Å². The number of hydrogen-bond acceptors (Lipinski definition) is 2. The van der Waals surface area contributed by atoms with Crippen molar-refractivity contribution in [2.75, 3.05) is 13.1 Å². The average Bonchev–Trinajstić information content (AvgIpc) is 2.11. The Morgan fingerprint density at radius 2 is 1.43 bits per heavy atom. The normalized spacial score (nSPS) is 15.4. The molecule has 1 atom stereocenters. The second kappa shape index (κ2) is 8.21. The Morgan fingerprint density at radius 3 is 2.00 bits per heavy atom. The Balaban J connectivity index is 3.26. The highest BCUT2D eigenvalue weighted by Gasteiger charge is 2.08. The third-order valence-corrected chi connectivity index (χ3v) is 2.49. The molecule has 2 N–H and O–H groups in total. The van der Waals surface area contributed by atoms with E-state index in [1.165, 1.54) is 25.7 Å². The lowest BCUT2D eigenvalue weighted by Gasteiger charge is -2.36. The van der Waals surface area contributed by atoms with Gasteiger partial charge in [-0.1, -0.05) is 39.5 Å². The Bertz CT molecular complexity index is 126. The number of nitrogens with zero attached hydrogens (tertiary/aromatic N) is 1. The molecule has 0 aromatic rings. The van der Waals surface area contributed by atoms with Crippen LogP contribution in [0.2, 0.25) is 0 Å². The van der Waals surface area contributed by atoms with Crippen LogP contribution in [0.3, 0.4) is 0 Å². The van der Waals surface area contributed by atoms with Crippen LogP contribution in [-0.2, 0) is 0 Å². The molecular weight excluding hydrogens is 176 g/mol. The lowest BCUT2D eigenvalue weighted by molar-refractivity contribution is -0.892. The molecule has 0 saturated heterocycles. The van der Waals surface area contributed by atoms with Crippen LogP contribution >= 0.6 is 0 Å². The fraction of sp³-hybridized carbons (Fsp3) is 1.00. The van der Waals surface area contributed by atoms with E-state index in [1.54, 1.807) is 0 Å². The van der Waals surface area contributed by atoms with Gasteiger partial charge < -0.3 is 5.21 Å². The number of nitrogens with two attached hydrogens (primary N) is 1. The molecule has 0 aromatic carbocycles. The van der Waals surface area contributed by atoms with Gasteiger partial charge in [0.05, 0.1) is 13.1 Å². The van der Waals surface area contributed by atoms with E-state index in [1.807, 2.05) is 6.92 Å². The van der Waals surface area contributed by atoms with Crippen molar-refractivity contribution in [2.45, 2.75) is 58.8 Å². The van der Waals surface area contributed by atoms with Crippen LogP contribution in [0.5, 0.6) is 0 Å². The molecule has 3 heteroatoms. The molecule has 0 fully saturated rings. The maximum absolute atomic E-state index is 11.5. The highest BCUT2D eigenvalue weighted by molar-refractivity contribution is 4.44. The van der Waals surface area contributed by atoms with Gasteiger partial charge in [0.15, 0.2) is 0 Å². The summed E-state index contributed by atoms with van der Waals surface area (Å²) in [6.45, 7) is 5.34. The third kappa shape index (κ3) is 8.48. The van der Waals surface area contributed by atoms with E-state index in [9.17, 15) is 5.21 Å². The van der Waals surface area contributed by atoms with Gasteiger partial charge in [0.25, 0.3) is 0 Å². The molecular formula is C11H26N2O.